The molecule has 51 heavy (non-hydrogen) atoms. The van der Waals surface area contributed by atoms with Crippen LogP contribution in [0.15, 0.2) is 182 Å². The van der Waals surface area contributed by atoms with Crippen molar-refractivity contribution in [3.63, 3.8) is 0 Å². The lowest BCUT2D eigenvalue weighted by Gasteiger charge is -2.18. The Hall–Kier alpha value is -6.70. The van der Waals surface area contributed by atoms with Crippen molar-refractivity contribution in [2.45, 2.75) is 0 Å². The lowest BCUT2D eigenvalue weighted by molar-refractivity contribution is 1.56. The number of fused-ring (bicyclic) bond motifs is 11. The van der Waals surface area contributed by atoms with Crippen LogP contribution in [0.4, 0.5) is 0 Å². The molecule has 0 aliphatic heterocycles. The second kappa shape index (κ2) is 10.9. The highest BCUT2D eigenvalue weighted by Gasteiger charge is 2.19. The molecular formula is C50H31N. The molecule has 1 nitrogen and oxygen atoms in total. The highest BCUT2D eigenvalue weighted by atomic mass is 14.7. The van der Waals surface area contributed by atoms with Gasteiger partial charge in [-0.3, -0.25) is 0 Å². The van der Waals surface area contributed by atoms with E-state index >= 15 is 0 Å². The van der Waals surface area contributed by atoms with Crippen LogP contribution >= 0.6 is 0 Å². The molecule has 236 valence electrons. The topological polar surface area (TPSA) is 15.8 Å². The molecule has 0 aliphatic carbocycles. The number of aromatic amines is 1. The first-order valence-electron chi connectivity index (χ1n) is 17.7. The largest absolute Gasteiger partial charge is 0.354 e. The molecule has 0 fully saturated rings. The number of hydrogen-bond acceptors (Lipinski definition) is 0. The molecular weight excluding hydrogens is 615 g/mol. The second-order valence-corrected chi connectivity index (χ2v) is 13.7. The standard InChI is InChI=1S/C50H31N/c1-2-13-32-28-34(25-24-31(32)12-1)33-14-11-15-35(29-33)47-40-19-6-8-21-42(40)48(43-22-9-7-20-41(43)47)36-26-27-46-45(30-36)49-39-18-5-3-16-37(39)38-17-4-10-23-44(38)50(49)51-46/h1-30,51H. The first kappa shape index (κ1) is 28.2. The summed E-state index contributed by atoms with van der Waals surface area (Å²) in [5.74, 6) is 0. The maximum absolute atomic E-state index is 3.83. The van der Waals surface area contributed by atoms with Gasteiger partial charge >= 0.3 is 0 Å². The van der Waals surface area contributed by atoms with Crippen molar-refractivity contribution in [2.24, 2.45) is 0 Å². The summed E-state index contributed by atoms with van der Waals surface area (Å²) >= 11 is 0. The minimum absolute atomic E-state index is 1.16. The van der Waals surface area contributed by atoms with Crippen LogP contribution in [0.1, 0.15) is 0 Å². The lowest BCUT2D eigenvalue weighted by atomic mass is 9.85. The summed E-state index contributed by atoms with van der Waals surface area (Å²) in [6, 6.07) is 67.0. The van der Waals surface area contributed by atoms with Gasteiger partial charge in [0.2, 0.25) is 0 Å². The number of nitrogens with one attached hydrogen (secondary N) is 1. The maximum atomic E-state index is 3.83. The van der Waals surface area contributed by atoms with Crippen LogP contribution in [0.25, 0.3) is 109 Å². The van der Waals surface area contributed by atoms with E-state index in [1.54, 1.807) is 0 Å². The fraction of sp³-hybridized carbons (Fsp3) is 0. The Morgan fingerprint density at radius 1 is 0.275 bits per heavy atom. The molecule has 1 N–H and O–H groups in total. The summed E-state index contributed by atoms with van der Waals surface area (Å²) < 4.78 is 0. The zero-order valence-corrected chi connectivity index (χ0v) is 27.8. The van der Waals surface area contributed by atoms with Crippen molar-refractivity contribution in [3.05, 3.63) is 182 Å². The Bertz CT molecular complexity index is 3140. The van der Waals surface area contributed by atoms with Gasteiger partial charge in [0.25, 0.3) is 0 Å². The van der Waals surface area contributed by atoms with Gasteiger partial charge in [-0.25, -0.2) is 0 Å². The van der Waals surface area contributed by atoms with Gasteiger partial charge in [0, 0.05) is 21.7 Å². The van der Waals surface area contributed by atoms with E-state index in [1.165, 1.54) is 104 Å². The number of hydrogen-bond donors (Lipinski definition) is 1. The lowest BCUT2D eigenvalue weighted by Crippen LogP contribution is -1.91. The van der Waals surface area contributed by atoms with Gasteiger partial charge in [0.15, 0.2) is 0 Å². The van der Waals surface area contributed by atoms with Crippen LogP contribution < -0.4 is 0 Å². The Balaban J connectivity index is 1.17. The number of aromatic nitrogens is 1. The summed E-state index contributed by atoms with van der Waals surface area (Å²) in [6.07, 6.45) is 0. The molecule has 10 aromatic carbocycles. The summed E-state index contributed by atoms with van der Waals surface area (Å²) in [5.41, 5.74) is 9.82. The van der Waals surface area contributed by atoms with Gasteiger partial charge in [0.05, 0.1) is 5.52 Å². The van der Waals surface area contributed by atoms with Gasteiger partial charge in [-0.1, -0.05) is 158 Å². The molecule has 11 rings (SSSR count). The van der Waals surface area contributed by atoms with Crippen molar-refractivity contribution >= 4 is 75.7 Å². The van der Waals surface area contributed by atoms with E-state index in [9.17, 15) is 0 Å². The summed E-state index contributed by atoms with van der Waals surface area (Å²) in [4.78, 5) is 3.83. The zero-order valence-electron chi connectivity index (χ0n) is 27.8. The Kier molecular flexibility index (Phi) is 6.02. The molecule has 0 saturated heterocycles. The minimum Gasteiger partial charge on any atom is -0.354 e. The van der Waals surface area contributed by atoms with Gasteiger partial charge in [-0.15, -0.1) is 0 Å². The molecule has 1 aromatic heterocycles. The number of benzene rings is 10. The van der Waals surface area contributed by atoms with E-state index in [-0.39, 0.29) is 0 Å². The third-order valence-electron chi connectivity index (χ3n) is 10.9. The van der Waals surface area contributed by atoms with E-state index in [0.717, 1.165) is 5.52 Å². The zero-order chi connectivity index (χ0) is 33.5. The average Bonchev–Trinajstić information content (AvgIpc) is 3.59. The summed E-state index contributed by atoms with van der Waals surface area (Å²) in [7, 11) is 0. The molecule has 0 unspecified atom stereocenters. The molecule has 0 radical (unpaired) electrons. The van der Waals surface area contributed by atoms with Crippen LogP contribution in [0.5, 0.6) is 0 Å². The second-order valence-electron chi connectivity index (χ2n) is 13.7. The van der Waals surface area contributed by atoms with Crippen LogP contribution in [0.2, 0.25) is 0 Å². The monoisotopic (exact) mass is 645 g/mol. The average molecular weight is 646 g/mol. The third kappa shape index (κ3) is 4.22. The SMILES string of the molecule is c1cc(-c2ccc3ccccc3c2)cc(-c2c3ccccc3c(-c3ccc4[nH]c5c6ccccc6c6ccccc6c5c4c3)c3ccccc23)c1. The van der Waals surface area contributed by atoms with Gasteiger partial charge in [0.1, 0.15) is 0 Å². The third-order valence-corrected chi connectivity index (χ3v) is 10.9. The van der Waals surface area contributed by atoms with E-state index < -0.39 is 0 Å². The fourth-order valence-corrected chi connectivity index (χ4v) is 8.67. The smallest absolute Gasteiger partial charge is 0.0551 e. The van der Waals surface area contributed by atoms with Crippen molar-refractivity contribution in [2.75, 3.05) is 0 Å². The highest BCUT2D eigenvalue weighted by molar-refractivity contribution is 6.32. The van der Waals surface area contributed by atoms with Crippen LogP contribution in [-0.4, -0.2) is 4.98 Å². The summed E-state index contributed by atoms with van der Waals surface area (Å²) in [5, 5.41) is 15.2. The normalized spacial score (nSPS) is 11.9. The minimum atomic E-state index is 1.16. The van der Waals surface area contributed by atoms with Crippen molar-refractivity contribution in [1.29, 1.82) is 0 Å². The molecule has 0 bridgehead atoms. The Morgan fingerprint density at radius 2 is 0.765 bits per heavy atom. The fourth-order valence-electron chi connectivity index (χ4n) is 8.67. The van der Waals surface area contributed by atoms with Gasteiger partial charge < -0.3 is 4.98 Å². The Labute approximate surface area is 295 Å². The number of rotatable bonds is 3. The van der Waals surface area contributed by atoms with Crippen molar-refractivity contribution in [3.8, 4) is 33.4 Å². The molecule has 0 atom stereocenters. The molecule has 0 amide bonds. The predicted molar refractivity (Wildman–Crippen MR) is 220 cm³/mol. The molecule has 1 heteroatoms. The maximum Gasteiger partial charge on any atom is 0.0551 e. The molecule has 0 spiro atoms. The van der Waals surface area contributed by atoms with E-state index in [2.05, 4.69) is 187 Å². The van der Waals surface area contributed by atoms with Gasteiger partial charge in [-0.2, -0.15) is 0 Å². The van der Waals surface area contributed by atoms with E-state index in [4.69, 9.17) is 0 Å². The molecule has 11 aromatic rings. The van der Waals surface area contributed by atoms with Crippen LogP contribution in [0.3, 0.4) is 0 Å². The highest BCUT2D eigenvalue weighted by Crippen LogP contribution is 2.46. The van der Waals surface area contributed by atoms with Crippen molar-refractivity contribution in [1.82, 2.24) is 4.98 Å². The number of H-pyrrole nitrogens is 1. The predicted octanol–water partition coefficient (Wildman–Crippen LogP) is 14.1. The van der Waals surface area contributed by atoms with Gasteiger partial charge in [-0.05, 0) is 106 Å². The van der Waals surface area contributed by atoms with Crippen molar-refractivity contribution < 1.29 is 0 Å². The van der Waals surface area contributed by atoms with Crippen LogP contribution in [-0.2, 0) is 0 Å². The van der Waals surface area contributed by atoms with Crippen LogP contribution in [0, 0.1) is 0 Å². The Morgan fingerprint density at radius 3 is 1.45 bits per heavy atom. The van der Waals surface area contributed by atoms with E-state index in [1.807, 2.05) is 0 Å². The summed E-state index contributed by atoms with van der Waals surface area (Å²) in [6.45, 7) is 0. The van der Waals surface area contributed by atoms with E-state index in [0.29, 0.717) is 0 Å². The first-order valence-corrected chi connectivity index (χ1v) is 17.7. The first-order chi connectivity index (χ1) is 25.3. The molecule has 1 heterocycles. The molecule has 0 saturated carbocycles. The quantitative estimate of drug-likeness (QED) is 0.145. The molecule has 0 aliphatic rings.